The lowest BCUT2D eigenvalue weighted by atomic mass is 9.97. The van der Waals surface area contributed by atoms with E-state index in [4.69, 9.17) is 0 Å². The summed E-state index contributed by atoms with van der Waals surface area (Å²) in [4.78, 5) is 27.2. The molecular weight excluding hydrogens is 424 g/mol. The first-order chi connectivity index (χ1) is 14.8. The minimum absolute atomic E-state index is 0.0811. The first-order valence-corrected chi connectivity index (χ1v) is 11.1. The SMILES string of the molecule is Cc1ccc([N+](=O)[O-])cc1S(=O)(=O)N1CCC(C(=O)Nc2ccnc3ccnn23)CC1. The molecule has 1 aliphatic rings. The molecule has 1 aliphatic heterocycles. The van der Waals surface area contributed by atoms with Gasteiger partial charge in [0, 0.05) is 43.4 Å². The highest BCUT2D eigenvalue weighted by Gasteiger charge is 2.33. The summed E-state index contributed by atoms with van der Waals surface area (Å²) in [5.41, 5.74) is 0.762. The Morgan fingerprint density at radius 2 is 1.94 bits per heavy atom. The van der Waals surface area contributed by atoms with Gasteiger partial charge in [0.1, 0.15) is 5.82 Å². The summed E-state index contributed by atoms with van der Waals surface area (Å²) in [5.74, 6) is -0.0923. The number of amides is 1. The maximum Gasteiger partial charge on any atom is 0.270 e. The lowest BCUT2D eigenvalue weighted by Gasteiger charge is -2.30. The van der Waals surface area contributed by atoms with E-state index in [1.807, 2.05) is 0 Å². The molecule has 0 saturated carbocycles. The molecule has 1 saturated heterocycles. The van der Waals surface area contributed by atoms with Crippen molar-refractivity contribution in [2.45, 2.75) is 24.7 Å². The number of sulfonamides is 1. The number of hydrogen-bond acceptors (Lipinski definition) is 7. The van der Waals surface area contributed by atoms with Gasteiger partial charge in [-0.3, -0.25) is 14.9 Å². The summed E-state index contributed by atoms with van der Waals surface area (Å²) >= 11 is 0. The summed E-state index contributed by atoms with van der Waals surface area (Å²) < 4.78 is 28.9. The fraction of sp³-hybridized carbons (Fsp3) is 0.316. The number of aryl methyl sites for hydroxylation is 1. The van der Waals surface area contributed by atoms with Gasteiger partial charge in [-0.25, -0.2) is 13.4 Å². The quantitative estimate of drug-likeness (QED) is 0.469. The van der Waals surface area contributed by atoms with Gasteiger partial charge in [-0.2, -0.15) is 13.9 Å². The molecule has 12 heteroatoms. The molecule has 11 nitrogen and oxygen atoms in total. The molecule has 0 aliphatic carbocycles. The summed E-state index contributed by atoms with van der Waals surface area (Å²) in [7, 11) is -3.90. The Morgan fingerprint density at radius 1 is 1.19 bits per heavy atom. The van der Waals surface area contributed by atoms with Crippen molar-refractivity contribution in [1.82, 2.24) is 18.9 Å². The van der Waals surface area contributed by atoms with Crippen molar-refractivity contribution in [2.75, 3.05) is 18.4 Å². The lowest BCUT2D eigenvalue weighted by Crippen LogP contribution is -2.41. The van der Waals surface area contributed by atoms with E-state index >= 15 is 0 Å². The first kappa shape index (κ1) is 20.9. The van der Waals surface area contributed by atoms with Crippen LogP contribution in [-0.2, 0) is 14.8 Å². The number of carbonyl (C=O) groups is 1. The van der Waals surface area contributed by atoms with Crippen LogP contribution in [0.3, 0.4) is 0 Å². The Morgan fingerprint density at radius 3 is 2.65 bits per heavy atom. The lowest BCUT2D eigenvalue weighted by molar-refractivity contribution is -0.385. The van der Waals surface area contributed by atoms with E-state index in [1.54, 1.807) is 31.5 Å². The molecule has 1 aromatic carbocycles. The fourth-order valence-corrected chi connectivity index (χ4v) is 5.35. The fourth-order valence-electron chi connectivity index (χ4n) is 3.64. The molecule has 0 radical (unpaired) electrons. The van der Waals surface area contributed by atoms with Crippen LogP contribution >= 0.6 is 0 Å². The molecule has 1 amide bonds. The average molecular weight is 444 g/mol. The Kier molecular flexibility index (Phi) is 5.41. The Labute approximate surface area is 177 Å². The zero-order valence-electron chi connectivity index (χ0n) is 16.6. The molecule has 0 atom stereocenters. The molecule has 3 heterocycles. The van der Waals surface area contributed by atoms with Gasteiger partial charge >= 0.3 is 0 Å². The third-order valence-corrected chi connectivity index (χ3v) is 7.41. The maximum absolute atomic E-state index is 13.1. The van der Waals surface area contributed by atoms with Crippen LogP contribution in [-0.4, -0.2) is 51.2 Å². The van der Waals surface area contributed by atoms with Gasteiger partial charge in [-0.1, -0.05) is 6.07 Å². The number of piperidine rings is 1. The molecular formula is C19H20N6O5S. The van der Waals surface area contributed by atoms with E-state index in [1.165, 1.54) is 21.0 Å². The molecule has 4 rings (SSSR count). The first-order valence-electron chi connectivity index (χ1n) is 9.62. The number of benzene rings is 1. The van der Waals surface area contributed by atoms with Crippen molar-refractivity contribution in [2.24, 2.45) is 5.92 Å². The molecule has 31 heavy (non-hydrogen) atoms. The second-order valence-corrected chi connectivity index (χ2v) is 9.21. The number of hydrogen-bond donors (Lipinski definition) is 1. The number of nitrogens with one attached hydrogen (secondary N) is 1. The van der Waals surface area contributed by atoms with Crippen molar-refractivity contribution >= 4 is 33.1 Å². The van der Waals surface area contributed by atoms with Crippen LogP contribution in [0.5, 0.6) is 0 Å². The van der Waals surface area contributed by atoms with E-state index in [-0.39, 0.29) is 35.5 Å². The molecule has 1 N–H and O–H groups in total. The number of nitro groups is 1. The summed E-state index contributed by atoms with van der Waals surface area (Å²) in [6.45, 7) is 1.90. The number of carbonyl (C=O) groups excluding carboxylic acids is 1. The van der Waals surface area contributed by atoms with Gasteiger partial charge in [0.05, 0.1) is 16.0 Å². The van der Waals surface area contributed by atoms with Crippen LogP contribution in [0.2, 0.25) is 0 Å². The van der Waals surface area contributed by atoms with Gasteiger partial charge in [0.15, 0.2) is 5.65 Å². The van der Waals surface area contributed by atoms with Crippen molar-refractivity contribution < 1.29 is 18.1 Å². The summed E-state index contributed by atoms with van der Waals surface area (Å²) in [6, 6.07) is 7.15. The van der Waals surface area contributed by atoms with Crippen molar-refractivity contribution in [3.63, 3.8) is 0 Å². The maximum atomic E-state index is 13.1. The van der Waals surface area contributed by atoms with Crippen LogP contribution in [0.25, 0.3) is 5.65 Å². The van der Waals surface area contributed by atoms with E-state index in [2.05, 4.69) is 15.4 Å². The smallest absolute Gasteiger partial charge is 0.270 e. The highest BCUT2D eigenvalue weighted by molar-refractivity contribution is 7.89. The summed E-state index contributed by atoms with van der Waals surface area (Å²) in [5, 5.41) is 18.0. The second-order valence-electron chi connectivity index (χ2n) is 7.31. The Balaban J connectivity index is 1.46. The molecule has 0 bridgehead atoms. The third-order valence-electron chi connectivity index (χ3n) is 5.37. The number of aromatic nitrogens is 3. The van der Waals surface area contributed by atoms with E-state index < -0.39 is 14.9 Å². The Bertz CT molecular complexity index is 1260. The molecule has 1 fully saturated rings. The zero-order valence-corrected chi connectivity index (χ0v) is 17.4. The molecule has 0 spiro atoms. The molecule has 3 aromatic rings. The van der Waals surface area contributed by atoms with E-state index in [0.29, 0.717) is 29.9 Å². The highest BCUT2D eigenvalue weighted by Crippen LogP contribution is 2.28. The molecule has 2 aromatic heterocycles. The van der Waals surface area contributed by atoms with Gasteiger partial charge in [0.2, 0.25) is 15.9 Å². The van der Waals surface area contributed by atoms with Gasteiger partial charge in [-0.15, -0.1) is 0 Å². The number of nitro benzene ring substituents is 1. The van der Waals surface area contributed by atoms with Gasteiger partial charge < -0.3 is 5.32 Å². The predicted molar refractivity (Wildman–Crippen MR) is 111 cm³/mol. The van der Waals surface area contributed by atoms with Crippen LogP contribution in [0.1, 0.15) is 18.4 Å². The van der Waals surface area contributed by atoms with Crippen molar-refractivity contribution in [3.8, 4) is 0 Å². The number of anilines is 1. The van der Waals surface area contributed by atoms with Crippen LogP contribution < -0.4 is 5.32 Å². The largest absolute Gasteiger partial charge is 0.310 e. The number of non-ortho nitro benzene ring substituents is 1. The average Bonchev–Trinajstić information content (AvgIpc) is 3.24. The Hall–Kier alpha value is -3.38. The summed E-state index contributed by atoms with van der Waals surface area (Å²) in [6.07, 6.45) is 3.83. The minimum Gasteiger partial charge on any atom is -0.310 e. The standard InChI is InChI=1S/C19H20N6O5S/c1-13-2-3-15(25(27)28)12-16(13)31(29,30)23-10-6-14(7-11-23)19(26)22-18-4-8-20-17-5-9-21-24(17)18/h2-5,8-9,12,14H,6-7,10-11H2,1H3,(H,22,26). The number of nitrogens with zero attached hydrogens (tertiary/aromatic N) is 5. The monoisotopic (exact) mass is 444 g/mol. The van der Waals surface area contributed by atoms with E-state index in [0.717, 1.165) is 6.07 Å². The second kappa shape index (κ2) is 8.04. The predicted octanol–water partition coefficient (Wildman–Crippen LogP) is 1.99. The normalized spacial score (nSPS) is 15.8. The van der Waals surface area contributed by atoms with E-state index in [9.17, 15) is 23.3 Å². The zero-order chi connectivity index (χ0) is 22.2. The molecule has 0 unspecified atom stereocenters. The third kappa shape index (κ3) is 3.99. The minimum atomic E-state index is -3.90. The highest BCUT2D eigenvalue weighted by atomic mass is 32.2. The number of rotatable bonds is 5. The van der Waals surface area contributed by atoms with Crippen LogP contribution in [0, 0.1) is 23.0 Å². The van der Waals surface area contributed by atoms with Crippen LogP contribution in [0.4, 0.5) is 11.5 Å². The van der Waals surface area contributed by atoms with Gasteiger partial charge in [-0.05, 0) is 31.4 Å². The van der Waals surface area contributed by atoms with Crippen LogP contribution in [0.15, 0.2) is 47.6 Å². The molecule has 162 valence electrons. The van der Waals surface area contributed by atoms with Crippen molar-refractivity contribution in [3.05, 3.63) is 58.4 Å². The van der Waals surface area contributed by atoms with Gasteiger partial charge in [0.25, 0.3) is 5.69 Å². The topological polar surface area (TPSA) is 140 Å². The van der Waals surface area contributed by atoms with Crippen molar-refractivity contribution in [1.29, 1.82) is 0 Å². The number of fused-ring (bicyclic) bond motifs is 1.